The van der Waals surface area contributed by atoms with Crippen LogP contribution in [0.2, 0.25) is 0 Å². The zero-order valence-corrected chi connectivity index (χ0v) is 11.8. The third kappa shape index (κ3) is 10.7. The summed E-state index contributed by atoms with van der Waals surface area (Å²) < 4.78 is 20.1. The van der Waals surface area contributed by atoms with Crippen molar-refractivity contribution in [2.45, 2.75) is 19.8 Å². The Morgan fingerprint density at radius 3 is 2.38 bits per heavy atom. The summed E-state index contributed by atoms with van der Waals surface area (Å²) in [5, 5.41) is 10.1. The van der Waals surface area contributed by atoms with Crippen LogP contribution in [0.3, 0.4) is 0 Å². The van der Waals surface area contributed by atoms with Crippen LogP contribution in [-0.4, -0.2) is 20.1 Å². The molecule has 70 valence electrons. The molecule has 0 atom stereocenters. The fraction of sp³-hybridized carbons (Fsp3) is 0.571. The van der Waals surface area contributed by atoms with Gasteiger partial charge >= 0.3 is 51.4 Å². The Balaban J connectivity index is 0. The maximum absolute atomic E-state index is 10.1. The van der Waals surface area contributed by atoms with Crippen molar-refractivity contribution in [2.75, 3.05) is 5.75 Å². The Labute approximate surface area is 122 Å². The third-order valence-electron chi connectivity index (χ3n) is 1.32. The van der Waals surface area contributed by atoms with E-state index in [0.717, 1.165) is 0 Å². The van der Waals surface area contributed by atoms with Crippen LogP contribution >= 0.6 is 0 Å². The molecule has 0 aliphatic rings. The van der Waals surface area contributed by atoms with Gasteiger partial charge in [0.2, 0.25) is 0 Å². The molecule has 4 nitrogen and oxygen atoms in total. The average molecular weight is 230 g/mol. The van der Waals surface area contributed by atoms with Crippen LogP contribution in [-0.2, 0) is 15.5 Å². The van der Waals surface area contributed by atoms with Gasteiger partial charge in [-0.3, -0.25) is 0 Å². The van der Waals surface area contributed by atoms with E-state index in [-0.39, 0.29) is 62.7 Å². The maximum atomic E-state index is 10.1. The molecule has 0 rings (SSSR count). The van der Waals surface area contributed by atoms with Crippen LogP contribution in [0.4, 0.5) is 0 Å². The molecule has 0 bridgehead atoms. The molecule has 0 aliphatic carbocycles. The Morgan fingerprint density at radius 1 is 1.46 bits per heavy atom. The summed E-state index contributed by atoms with van der Waals surface area (Å²) in [5.41, 5.74) is 0.149. The fourth-order valence-corrected chi connectivity index (χ4v) is 1.06. The Kier molecular flexibility index (Phi) is 11.7. The number of rotatable bonds is 5. The van der Waals surface area contributed by atoms with E-state index < -0.39 is 16.7 Å². The van der Waals surface area contributed by atoms with Gasteiger partial charge in [-0.25, -0.2) is 8.42 Å². The molecule has 0 N–H and O–H groups in total. The Morgan fingerprint density at radius 2 is 2.00 bits per heavy atom. The van der Waals surface area contributed by atoms with Gasteiger partial charge in [0.25, 0.3) is 0 Å². The fourth-order valence-electron chi connectivity index (χ4n) is 0.622. The SMILES string of the molecule is CC(=CCCC[SH](=O)=O)C(=O)[O-].[K+]. The van der Waals surface area contributed by atoms with Crippen molar-refractivity contribution in [3.8, 4) is 0 Å². The summed E-state index contributed by atoms with van der Waals surface area (Å²) in [6.45, 7) is 1.42. The number of allylic oxidation sites excluding steroid dienone is 1. The summed E-state index contributed by atoms with van der Waals surface area (Å²) >= 11 is 0. The molecule has 0 amide bonds. The third-order valence-corrected chi connectivity index (χ3v) is 2.00. The van der Waals surface area contributed by atoms with Crippen LogP contribution in [0.25, 0.3) is 0 Å². The molecule has 0 aliphatic heterocycles. The monoisotopic (exact) mass is 230 g/mol. The summed E-state index contributed by atoms with van der Waals surface area (Å²) in [5.74, 6) is -1.10. The molecule has 0 heterocycles. The van der Waals surface area contributed by atoms with Crippen molar-refractivity contribution >= 4 is 16.7 Å². The second-order valence-electron chi connectivity index (χ2n) is 2.37. The maximum Gasteiger partial charge on any atom is 1.00 e. The number of thiol groups is 1. The standard InChI is InChI=1S/C7H12O4S.K/c1-6(7(8)9)4-2-3-5-12(10)11;/h4,12H,2-3,5H2,1H3,(H,8,9);/q;+1/p-1. The van der Waals surface area contributed by atoms with E-state index in [1.807, 2.05) is 0 Å². The first kappa shape index (κ1) is 16.2. The molecule has 0 spiro atoms. The number of carbonyl (C=O) groups is 1. The number of hydrogen-bond acceptors (Lipinski definition) is 4. The van der Waals surface area contributed by atoms with Gasteiger partial charge < -0.3 is 9.90 Å². The molecule has 0 aromatic heterocycles. The summed E-state index contributed by atoms with van der Waals surface area (Å²) in [6, 6.07) is 0. The van der Waals surface area contributed by atoms with Crippen LogP contribution in [0, 0.1) is 0 Å². The summed E-state index contributed by atoms with van der Waals surface area (Å²) in [7, 11) is -2.34. The van der Waals surface area contributed by atoms with E-state index in [4.69, 9.17) is 0 Å². The first-order chi connectivity index (χ1) is 5.54. The molecule has 0 unspecified atom stereocenters. The van der Waals surface area contributed by atoms with Gasteiger partial charge in [-0.05, 0) is 25.3 Å². The van der Waals surface area contributed by atoms with Crippen molar-refractivity contribution in [1.82, 2.24) is 0 Å². The number of hydrogen-bond donors (Lipinski definition) is 1. The molecular weight excluding hydrogens is 219 g/mol. The van der Waals surface area contributed by atoms with Gasteiger partial charge in [-0.2, -0.15) is 0 Å². The molecular formula is C7H11KO4S. The smallest absolute Gasteiger partial charge is 0.545 e. The number of unbranched alkanes of at least 4 members (excludes halogenated alkanes) is 1. The topological polar surface area (TPSA) is 74.3 Å². The normalized spacial score (nSPS) is 11.1. The van der Waals surface area contributed by atoms with Gasteiger partial charge in [0.1, 0.15) is 10.7 Å². The van der Waals surface area contributed by atoms with Crippen molar-refractivity contribution < 1.29 is 69.7 Å². The van der Waals surface area contributed by atoms with Crippen LogP contribution in [0.1, 0.15) is 19.8 Å². The number of carboxylic acid groups (broad SMARTS) is 1. The quantitative estimate of drug-likeness (QED) is 0.227. The molecule has 6 heteroatoms. The van der Waals surface area contributed by atoms with E-state index in [1.54, 1.807) is 0 Å². The predicted molar refractivity (Wildman–Crippen MR) is 43.2 cm³/mol. The second-order valence-corrected chi connectivity index (χ2v) is 3.49. The molecule has 0 aromatic carbocycles. The van der Waals surface area contributed by atoms with Gasteiger partial charge in [0.05, 0.1) is 5.97 Å². The number of carbonyl (C=O) groups excluding carboxylic acids is 1. The van der Waals surface area contributed by atoms with Gasteiger partial charge in [0, 0.05) is 5.75 Å². The van der Waals surface area contributed by atoms with E-state index in [2.05, 4.69) is 0 Å². The van der Waals surface area contributed by atoms with Gasteiger partial charge in [-0.1, -0.05) is 6.08 Å². The van der Waals surface area contributed by atoms with Crippen molar-refractivity contribution in [3.63, 3.8) is 0 Å². The van der Waals surface area contributed by atoms with Crippen molar-refractivity contribution in [2.24, 2.45) is 0 Å². The molecule has 0 saturated heterocycles. The summed E-state index contributed by atoms with van der Waals surface area (Å²) in [4.78, 5) is 10.1. The first-order valence-electron chi connectivity index (χ1n) is 3.54. The Bertz CT molecular complexity index is 249. The zero-order chi connectivity index (χ0) is 9.56. The minimum atomic E-state index is -2.34. The van der Waals surface area contributed by atoms with Crippen molar-refractivity contribution in [3.05, 3.63) is 11.6 Å². The molecule has 13 heavy (non-hydrogen) atoms. The van der Waals surface area contributed by atoms with Crippen LogP contribution < -0.4 is 56.5 Å². The molecule has 0 aromatic rings. The molecule has 0 radical (unpaired) electrons. The number of aliphatic carboxylic acids is 1. The summed E-state index contributed by atoms with van der Waals surface area (Å²) in [6.07, 6.45) is 2.39. The minimum Gasteiger partial charge on any atom is -0.545 e. The molecule has 0 fully saturated rings. The number of carboxylic acids is 1. The van der Waals surface area contributed by atoms with Crippen LogP contribution in [0.5, 0.6) is 0 Å². The zero-order valence-electron chi connectivity index (χ0n) is 7.78. The van der Waals surface area contributed by atoms with Crippen molar-refractivity contribution in [1.29, 1.82) is 0 Å². The van der Waals surface area contributed by atoms with Crippen LogP contribution in [0.15, 0.2) is 11.6 Å². The average Bonchev–Trinajstić information content (AvgIpc) is 1.97. The first-order valence-corrected chi connectivity index (χ1v) is 4.90. The van der Waals surface area contributed by atoms with E-state index in [1.165, 1.54) is 13.0 Å². The van der Waals surface area contributed by atoms with Gasteiger partial charge in [-0.15, -0.1) is 0 Å². The second kappa shape index (κ2) is 9.36. The largest absolute Gasteiger partial charge is 1.00 e. The predicted octanol–water partition coefficient (Wildman–Crippen LogP) is -3.92. The Hall–Kier alpha value is 0.796. The van der Waals surface area contributed by atoms with E-state index >= 15 is 0 Å². The van der Waals surface area contributed by atoms with Gasteiger partial charge in [0.15, 0.2) is 0 Å². The molecule has 0 saturated carbocycles. The van der Waals surface area contributed by atoms with E-state index in [9.17, 15) is 18.3 Å². The minimum absolute atomic E-state index is 0. The van der Waals surface area contributed by atoms with E-state index in [0.29, 0.717) is 12.8 Å².